The minimum Gasteiger partial charge on any atom is -0.494 e. The lowest BCUT2D eigenvalue weighted by Gasteiger charge is -2.16. The lowest BCUT2D eigenvalue weighted by Crippen LogP contribution is -2.37. The van der Waals surface area contributed by atoms with Gasteiger partial charge >= 0.3 is 6.03 Å². The molecule has 6 heteroatoms. The van der Waals surface area contributed by atoms with Gasteiger partial charge in [-0.2, -0.15) is 0 Å². The molecule has 2 rings (SSSR count). The SMILES string of the molecule is CC(NC(=O)NCCCCOc1ccc(F)cc1)c1ccccc1Cl. The summed E-state index contributed by atoms with van der Waals surface area (Å²) in [5.74, 6) is 0.356. The number of amides is 2. The third-order valence-electron chi connectivity index (χ3n) is 3.66. The first-order valence-electron chi connectivity index (χ1n) is 8.23. The fourth-order valence-electron chi connectivity index (χ4n) is 2.30. The van der Waals surface area contributed by atoms with E-state index in [2.05, 4.69) is 10.6 Å². The summed E-state index contributed by atoms with van der Waals surface area (Å²) in [4.78, 5) is 11.9. The minimum absolute atomic E-state index is 0.171. The van der Waals surface area contributed by atoms with Gasteiger partial charge in [0, 0.05) is 11.6 Å². The predicted molar refractivity (Wildman–Crippen MR) is 97.5 cm³/mol. The molecular weight excluding hydrogens is 343 g/mol. The Hall–Kier alpha value is -2.27. The summed E-state index contributed by atoms with van der Waals surface area (Å²) in [6, 6.07) is 12.9. The van der Waals surface area contributed by atoms with Crippen LogP contribution in [0.4, 0.5) is 9.18 Å². The topological polar surface area (TPSA) is 50.4 Å². The highest BCUT2D eigenvalue weighted by Crippen LogP contribution is 2.21. The number of nitrogens with one attached hydrogen (secondary N) is 2. The lowest BCUT2D eigenvalue weighted by atomic mass is 10.1. The van der Waals surface area contributed by atoms with Gasteiger partial charge in [0.1, 0.15) is 11.6 Å². The molecule has 2 aromatic rings. The van der Waals surface area contributed by atoms with E-state index in [4.69, 9.17) is 16.3 Å². The van der Waals surface area contributed by atoms with E-state index in [1.165, 1.54) is 12.1 Å². The third-order valence-corrected chi connectivity index (χ3v) is 4.00. The number of rotatable bonds is 8. The number of halogens is 2. The molecule has 0 spiro atoms. The zero-order chi connectivity index (χ0) is 18.1. The fourth-order valence-corrected chi connectivity index (χ4v) is 2.60. The van der Waals surface area contributed by atoms with Crippen LogP contribution in [0.5, 0.6) is 5.75 Å². The molecule has 1 unspecified atom stereocenters. The second kappa shape index (κ2) is 9.89. The first-order chi connectivity index (χ1) is 12.1. The van der Waals surface area contributed by atoms with Gasteiger partial charge in [0.2, 0.25) is 0 Å². The van der Waals surface area contributed by atoms with Crippen LogP contribution < -0.4 is 15.4 Å². The first-order valence-corrected chi connectivity index (χ1v) is 8.61. The van der Waals surface area contributed by atoms with Crippen LogP contribution in [0, 0.1) is 5.82 Å². The number of carbonyl (C=O) groups is 1. The van der Waals surface area contributed by atoms with Crippen LogP contribution in [-0.4, -0.2) is 19.2 Å². The van der Waals surface area contributed by atoms with Crippen LogP contribution in [0.2, 0.25) is 5.02 Å². The smallest absolute Gasteiger partial charge is 0.315 e. The van der Waals surface area contributed by atoms with Crippen molar-refractivity contribution in [2.45, 2.75) is 25.8 Å². The molecule has 0 aromatic heterocycles. The van der Waals surface area contributed by atoms with E-state index in [0.29, 0.717) is 23.9 Å². The van der Waals surface area contributed by atoms with E-state index >= 15 is 0 Å². The number of carbonyl (C=O) groups excluding carboxylic acids is 1. The van der Waals surface area contributed by atoms with Crippen molar-refractivity contribution in [2.75, 3.05) is 13.2 Å². The number of unbranched alkanes of at least 4 members (excludes halogenated alkanes) is 1. The van der Waals surface area contributed by atoms with Crippen molar-refractivity contribution in [1.82, 2.24) is 10.6 Å². The maximum absolute atomic E-state index is 12.8. The molecule has 0 aliphatic carbocycles. The molecule has 4 nitrogen and oxygen atoms in total. The number of ether oxygens (including phenoxy) is 1. The summed E-state index contributed by atoms with van der Waals surface area (Å²) >= 11 is 6.12. The molecule has 1 atom stereocenters. The Kier molecular flexibility index (Phi) is 7.54. The normalized spacial score (nSPS) is 11.6. The van der Waals surface area contributed by atoms with Gasteiger partial charge in [0.15, 0.2) is 0 Å². The second-order valence-electron chi connectivity index (χ2n) is 5.65. The average molecular weight is 365 g/mol. The minimum atomic E-state index is -0.284. The van der Waals surface area contributed by atoms with Crippen LogP contribution in [0.15, 0.2) is 48.5 Å². The zero-order valence-corrected chi connectivity index (χ0v) is 14.9. The van der Waals surface area contributed by atoms with Crippen molar-refractivity contribution < 1.29 is 13.9 Å². The number of urea groups is 1. The average Bonchev–Trinajstić information content (AvgIpc) is 2.59. The molecule has 0 aliphatic rings. The molecule has 134 valence electrons. The molecule has 2 amide bonds. The maximum atomic E-state index is 12.8. The summed E-state index contributed by atoms with van der Waals surface area (Å²) in [6.45, 7) is 2.95. The summed E-state index contributed by atoms with van der Waals surface area (Å²) in [5, 5.41) is 6.30. The standard InChI is InChI=1S/C19H22ClFN2O2/c1-14(17-6-2-3-7-18(17)20)23-19(24)22-12-4-5-13-25-16-10-8-15(21)9-11-16/h2-3,6-11,14H,4-5,12-13H2,1H3,(H2,22,23,24). The lowest BCUT2D eigenvalue weighted by molar-refractivity contribution is 0.237. The van der Waals surface area contributed by atoms with Crippen LogP contribution in [0.1, 0.15) is 31.4 Å². The largest absolute Gasteiger partial charge is 0.494 e. The van der Waals surface area contributed by atoms with Crippen molar-refractivity contribution in [3.63, 3.8) is 0 Å². The second-order valence-corrected chi connectivity index (χ2v) is 6.06. The summed E-state index contributed by atoms with van der Waals surface area (Å²) < 4.78 is 18.3. The van der Waals surface area contributed by atoms with Crippen molar-refractivity contribution in [3.8, 4) is 5.75 Å². The highest BCUT2D eigenvalue weighted by atomic mass is 35.5. The van der Waals surface area contributed by atoms with Gasteiger partial charge in [-0.3, -0.25) is 0 Å². The van der Waals surface area contributed by atoms with E-state index in [9.17, 15) is 9.18 Å². The highest BCUT2D eigenvalue weighted by molar-refractivity contribution is 6.31. The molecule has 0 saturated heterocycles. The Morgan fingerprint density at radius 3 is 2.60 bits per heavy atom. The summed E-state index contributed by atoms with van der Waals surface area (Å²) in [7, 11) is 0. The van der Waals surface area contributed by atoms with Crippen molar-refractivity contribution >= 4 is 17.6 Å². The number of hydrogen-bond acceptors (Lipinski definition) is 2. The highest BCUT2D eigenvalue weighted by Gasteiger charge is 2.11. The van der Waals surface area contributed by atoms with E-state index < -0.39 is 0 Å². The Labute approximate surface area is 152 Å². The first kappa shape index (κ1) is 19.1. The Balaban J connectivity index is 1.59. The number of benzene rings is 2. The summed E-state index contributed by atoms with van der Waals surface area (Å²) in [5.41, 5.74) is 0.881. The van der Waals surface area contributed by atoms with Gasteiger partial charge in [0.25, 0.3) is 0 Å². The molecule has 0 bridgehead atoms. The molecule has 0 aliphatic heterocycles. The molecule has 2 aromatic carbocycles. The van der Waals surface area contributed by atoms with Crippen molar-refractivity contribution in [2.24, 2.45) is 0 Å². The van der Waals surface area contributed by atoms with E-state index in [-0.39, 0.29) is 17.9 Å². The molecule has 0 heterocycles. The van der Waals surface area contributed by atoms with E-state index in [1.807, 2.05) is 25.1 Å². The molecule has 2 N–H and O–H groups in total. The van der Waals surface area contributed by atoms with Crippen LogP contribution >= 0.6 is 11.6 Å². The van der Waals surface area contributed by atoms with Gasteiger partial charge in [0.05, 0.1) is 12.6 Å². The zero-order valence-electron chi connectivity index (χ0n) is 14.1. The molecular formula is C19H22ClFN2O2. The molecule has 0 radical (unpaired) electrons. The van der Waals surface area contributed by atoms with Crippen LogP contribution in [0.25, 0.3) is 0 Å². The Bertz CT molecular complexity index is 679. The van der Waals surface area contributed by atoms with Gasteiger partial charge in [-0.1, -0.05) is 29.8 Å². The predicted octanol–water partition coefficient (Wildman–Crippen LogP) is 4.70. The van der Waals surface area contributed by atoms with Gasteiger partial charge in [-0.25, -0.2) is 9.18 Å². The van der Waals surface area contributed by atoms with E-state index in [1.54, 1.807) is 18.2 Å². The third kappa shape index (κ3) is 6.63. The fraction of sp³-hybridized carbons (Fsp3) is 0.316. The monoisotopic (exact) mass is 364 g/mol. The molecule has 25 heavy (non-hydrogen) atoms. The van der Waals surface area contributed by atoms with Crippen molar-refractivity contribution in [1.29, 1.82) is 0 Å². The molecule has 0 saturated carbocycles. The number of hydrogen-bond donors (Lipinski definition) is 2. The van der Waals surface area contributed by atoms with Crippen LogP contribution in [-0.2, 0) is 0 Å². The van der Waals surface area contributed by atoms with Crippen LogP contribution in [0.3, 0.4) is 0 Å². The van der Waals surface area contributed by atoms with Gasteiger partial charge in [-0.05, 0) is 55.7 Å². The van der Waals surface area contributed by atoms with Gasteiger partial charge < -0.3 is 15.4 Å². The summed E-state index contributed by atoms with van der Waals surface area (Å²) in [6.07, 6.45) is 1.58. The Morgan fingerprint density at radius 2 is 1.88 bits per heavy atom. The van der Waals surface area contributed by atoms with Gasteiger partial charge in [-0.15, -0.1) is 0 Å². The maximum Gasteiger partial charge on any atom is 0.315 e. The Morgan fingerprint density at radius 1 is 1.16 bits per heavy atom. The van der Waals surface area contributed by atoms with E-state index in [0.717, 1.165) is 18.4 Å². The molecule has 0 fully saturated rings. The van der Waals surface area contributed by atoms with Crippen molar-refractivity contribution in [3.05, 3.63) is 64.9 Å². The quantitative estimate of drug-likeness (QED) is 0.667.